The van der Waals surface area contributed by atoms with Gasteiger partial charge in [0.05, 0.1) is 0 Å². The van der Waals surface area contributed by atoms with Gasteiger partial charge in [-0.2, -0.15) is 0 Å². The van der Waals surface area contributed by atoms with Crippen LogP contribution in [0.15, 0.2) is 346 Å². The third-order valence-corrected chi connectivity index (χ3v) is 27.6. The molecule has 0 spiro atoms. The average molecular weight is 1900 g/mol. The molecule has 0 saturated heterocycles. The van der Waals surface area contributed by atoms with E-state index in [0.717, 1.165) is 0 Å². The highest BCUT2D eigenvalue weighted by atomic mass is 14.2. The van der Waals surface area contributed by atoms with Gasteiger partial charge in [-0.3, -0.25) is 0 Å². The predicted octanol–water partition coefficient (Wildman–Crippen LogP) is 43.9. The maximum Gasteiger partial charge on any atom is -0.0123 e. The van der Waals surface area contributed by atoms with Gasteiger partial charge >= 0.3 is 0 Å². The Balaban J connectivity index is 0.000000177. The fraction of sp³-hybridized carbons (Fsp3) is 0.278. The van der Waals surface area contributed by atoms with Crippen LogP contribution in [-0.4, -0.2) is 0 Å². The Morgan fingerprint density at radius 1 is 0.125 bits per heavy atom. The number of aryl methyl sites for hydroxylation is 25. The van der Waals surface area contributed by atoms with E-state index in [1.54, 1.807) is 0 Å². The first-order chi connectivity index (χ1) is 69.1. The Kier molecular flexibility index (Phi) is 45.2. The van der Waals surface area contributed by atoms with Crippen molar-refractivity contribution in [2.75, 3.05) is 0 Å². The van der Waals surface area contributed by atoms with Gasteiger partial charge in [0.25, 0.3) is 0 Å². The van der Waals surface area contributed by atoms with Crippen LogP contribution in [-0.2, 0) is 0 Å². The van der Waals surface area contributed by atoms with E-state index in [0.29, 0.717) is 0 Å². The fourth-order valence-electron chi connectivity index (χ4n) is 19.0. The summed E-state index contributed by atoms with van der Waals surface area (Å²) >= 11 is 0. The molecule has 0 atom stereocenters. The maximum absolute atomic E-state index is 2.36. The smallest absolute Gasteiger partial charge is 0.0123 e. The van der Waals surface area contributed by atoms with E-state index in [4.69, 9.17) is 0 Å². The van der Waals surface area contributed by atoms with E-state index in [2.05, 4.69) is 560 Å². The van der Waals surface area contributed by atoms with Crippen LogP contribution in [0.25, 0.3) is 118 Å². The third-order valence-electron chi connectivity index (χ3n) is 27.6. The second-order valence-corrected chi connectivity index (χ2v) is 40.3. The van der Waals surface area contributed by atoms with Crippen LogP contribution in [0.3, 0.4) is 0 Å². The highest BCUT2D eigenvalue weighted by molar-refractivity contribution is 6.07. The van der Waals surface area contributed by atoms with Gasteiger partial charge in [-0.1, -0.05) is 448 Å². The Morgan fingerprint density at radius 3 is 0.639 bits per heavy atom. The highest BCUT2D eigenvalue weighted by Gasteiger charge is 2.12. The molecule has 0 N–H and O–H groups in total. The summed E-state index contributed by atoms with van der Waals surface area (Å²) in [6, 6.07) is 124. The lowest BCUT2D eigenvalue weighted by Gasteiger charge is -2.11. The number of hydrogen-bond donors (Lipinski definition) is 0. The van der Waals surface area contributed by atoms with Gasteiger partial charge in [0.2, 0.25) is 0 Å². The summed E-state index contributed by atoms with van der Waals surface area (Å²) < 4.78 is 0. The molecule has 21 aromatic rings. The quantitative estimate of drug-likeness (QED) is 0.115. The molecule has 744 valence electrons. The zero-order valence-electron chi connectivity index (χ0n) is 93.8. The van der Waals surface area contributed by atoms with Gasteiger partial charge in [-0.05, 0) is 428 Å². The minimum absolute atomic E-state index is 1.25. The molecule has 0 aliphatic rings. The molecule has 0 fully saturated rings. The monoisotopic (exact) mass is 1900 g/mol. The van der Waals surface area contributed by atoms with Crippen molar-refractivity contribution >= 4 is 118 Å². The molecule has 0 radical (unpaired) electrons. The van der Waals surface area contributed by atoms with Crippen LogP contribution in [0, 0.1) is 173 Å². The van der Waals surface area contributed by atoms with Crippen molar-refractivity contribution in [2.24, 2.45) is 0 Å². The van der Waals surface area contributed by atoms with Crippen molar-refractivity contribution in [1.29, 1.82) is 0 Å². The molecule has 0 saturated carbocycles. The van der Waals surface area contributed by atoms with Crippen molar-refractivity contribution in [3.63, 3.8) is 0 Å². The second-order valence-electron chi connectivity index (χ2n) is 40.3. The van der Waals surface area contributed by atoms with Gasteiger partial charge < -0.3 is 0 Å². The van der Waals surface area contributed by atoms with Crippen LogP contribution >= 0.6 is 0 Å². The minimum Gasteiger partial charge on any atom is -0.0656 e. The molecule has 21 aromatic carbocycles. The second kappa shape index (κ2) is 57.1. The highest BCUT2D eigenvalue weighted by Crippen LogP contribution is 2.36. The largest absolute Gasteiger partial charge is 0.0656 e. The number of unbranched alkanes of at least 4 members (excludes halogenated alkanes) is 6. The summed E-state index contributed by atoms with van der Waals surface area (Å²) in [6.45, 7) is 67.2. The molecular formula is C144H168. The lowest BCUT2D eigenvalue weighted by Crippen LogP contribution is -1.87. The summed E-state index contributed by atoms with van der Waals surface area (Å²) in [5.74, 6) is 0. The molecule has 0 unspecified atom stereocenters. The van der Waals surface area contributed by atoms with E-state index in [1.807, 2.05) is 0 Å². The van der Waals surface area contributed by atoms with Crippen LogP contribution < -0.4 is 0 Å². The molecule has 144 heavy (non-hydrogen) atoms. The van der Waals surface area contributed by atoms with Gasteiger partial charge in [-0.25, -0.2) is 0 Å². The Morgan fingerprint density at radius 2 is 0.340 bits per heavy atom. The molecule has 0 heteroatoms. The minimum atomic E-state index is 1.25. The van der Waals surface area contributed by atoms with E-state index < -0.39 is 0 Å². The van der Waals surface area contributed by atoms with Gasteiger partial charge in [-0.15, -0.1) is 0 Å². The number of rotatable bonds is 6. The van der Waals surface area contributed by atoms with Crippen molar-refractivity contribution in [3.8, 4) is 0 Å². The number of fused-ring (bicyclic) bond motifs is 11. The summed E-state index contributed by atoms with van der Waals surface area (Å²) in [7, 11) is 0. The van der Waals surface area contributed by atoms with Crippen molar-refractivity contribution < 1.29 is 0 Å². The van der Waals surface area contributed by atoms with Gasteiger partial charge in [0.15, 0.2) is 0 Å². The normalized spacial score (nSPS) is 10.4. The standard InChI is InChI=1S/C18H18.C17H16.2C16H14.C13H14.2C12H12.C9H12.2C8H10.C8H18.C4H10.C3H8/c1-11-5-6-12(2)16-10-18-14(4)8-7-13(3)17(18)9-15(11)16;1-11-5-4-6-14-9-16-12(2)7-8-13(3)17(16)10-15(11)14;1-11-13-7-3-5-9-15(13)12(2)16-10-6-4-8-14(11)16;1-11-7-8-12(2)16-10-14-6-4-3-5-13(14)9-15(11)16;1-9-7-8-11(3)13-10(2)5-4-6-12(9)13;1-9-5-3-7-11-8-4-6-10(2)12(9)11;1-9-7-8-10(2)12-6-4-3-5-11(9)12;1-7-4-8(2)6-9(3)5-7;1-7-3-5-8(2)6-4-7;1-7-4-3-5-8(2)6-7;1-3-5-7-8-6-4-2;1-3-4-2;1-3-2/h5-10H,1-4H3;4-10H,1-3H3;2*3-10H,1-2H3;4-8H,1-3H3;2*3-8H,1-2H3;4-6H,1-3H3;2*3-6H,1-2H3;3-8H2,1-2H3;3-4H2,1-2H3;3H2,1-2H3. The van der Waals surface area contributed by atoms with Crippen LogP contribution in [0.4, 0.5) is 0 Å². The molecule has 0 amide bonds. The summed E-state index contributed by atoms with van der Waals surface area (Å²) in [6.07, 6.45) is 12.4. The summed E-state index contributed by atoms with van der Waals surface area (Å²) in [5, 5.41) is 30.2. The lowest BCUT2D eigenvalue weighted by atomic mass is 9.93. The first kappa shape index (κ1) is 114. The average Bonchev–Trinajstić information content (AvgIpc) is 0.766. The molecular weight excluding hydrogens is 1730 g/mol. The molecule has 21 rings (SSSR count). The maximum atomic E-state index is 2.36. The SMILES string of the molecule is CCC.CCCC.CCCCCCCC.Cc1c2ccccc2c(C)c2ccccc12.Cc1cc(C)cc(C)c1.Cc1ccc(C)c2c(C)cccc12.Cc1ccc(C)c2cc3c(C)ccc(C)c3cc12.Cc1ccc(C)c2cc3ccccc3cc12.Cc1ccc(C)c2ccccc12.Cc1ccc(C)cc1.Cc1cccc(C)c1.Cc1cccc2cc3c(C)ccc(C)c3cc12.Cc1cccc2cccc(C)c12. The molecule has 0 heterocycles. The Labute approximate surface area is 869 Å². The third kappa shape index (κ3) is 32.2. The fourth-order valence-corrected chi connectivity index (χ4v) is 19.0. The van der Waals surface area contributed by atoms with E-state index >= 15 is 0 Å². The summed E-state index contributed by atoms with van der Waals surface area (Å²) in [5.41, 5.74) is 33.9. The molecule has 0 aliphatic heterocycles. The van der Waals surface area contributed by atoms with Crippen LogP contribution in [0.5, 0.6) is 0 Å². The van der Waals surface area contributed by atoms with Gasteiger partial charge in [0.1, 0.15) is 0 Å². The Hall–Kier alpha value is -13.5. The van der Waals surface area contributed by atoms with Crippen molar-refractivity contribution in [1.82, 2.24) is 0 Å². The van der Waals surface area contributed by atoms with Gasteiger partial charge in [0, 0.05) is 0 Å². The first-order valence-corrected chi connectivity index (χ1v) is 53.1. The zero-order chi connectivity index (χ0) is 105. The Bertz CT molecular complexity index is 7260. The van der Waals surface area contributed by atoms with Crippen molar-refractivity contribution in [3.05, 3.63) is 485 Å². The number of benzene rings is 21. The molecule has 0 aromatic heterocycles. The van der Waals surface area contributed by atoms with Crippen molar-refractivity contribution in [2.45, 2.75) is 272 Å². The first-order valence-electron chi connectivity index (χ1n) is 53.1. The van der Waals surface area contributed by atoms with E-state index in [-0.39, 0.29) is 0 Å². The van der Waals surface area contributed by atoms with Crippen LogP contribution in [0.2, 0.25) is 0 Å². The molecule has 0 nitrogen and oxygen atoms in total. The van der Waals surface area contributed by atoms with E-state index in [1.165, 1.54) is 315 Å². The predicted molar refractivity (Wildman–Crippen MR) is 651 cm³/mol. The molecule has 0 aliphatic carbocycles. The topological polar surface area (TPSA) is 0 Å². The molecule has 0 bridgehead atoms. The lowest BCUT2D eigenvalue weighted by molar-refractivity contribution is 0.624. The number of hydrogen-bond acceptors (Lipinski definition) is 0. The summed E-state index contributed by atoms with van der Waals surface area (Å²) in [4.78, 5) is 0. The van der Waals surface area contributed by atoms with E-state index in [9.17, 15) is 0 Å². The zero-order valence-corrected chi connectivity index (χ0v) is 93.8. The van der Waals surface area contributed by atoms with Crippen LogP contribution in [0.1, 0.15) is 238 Å².